The zero-order chi connectivity index (χ0) is 12.4. The third-order valence-corrected chi connectivity index (χ3v) is 3.37. The van der Waals surface area contributed by atoms with E-state index in [0.29, 0.717) is 5.92 Å². The quantitative estimate of drug-likeness (QED) is 0.868. The van der Waals surface area contributed by atoms with E-state index in [9.17, 15) is 0 Å². The number of fused-ring (bicyclic) bond motifs is 1. The molecule has 17 heavy (non-hydrogen) atoms. The Balaban J connectivity index is 2.50. The van der Waals surface area contributed by atoms with E-state index in [-0.39, 0.29) is 6.04 Å². The molecule has 2 atom stereocenters. The second-order valence-electron chi connectivity index (χ2n) is 5.01. The van der Waals surface area contributed by atoms with Crippen molar-refractivity contribution < 1.29 is 4.42 Å². The molecule has 1 heterocycles. The van der Waals surface area contributed by atoms with Crippen molar-refractivity contribution in [2.45, 2.75) is 45.6 Å². The van der Waals surface area contributed by atoms with Gasteiger partial charge >= 0.3 is 0 Å². The summed E-state index contributed by atoms with van der Waals surface area (Å²) in [5.41, 5.74) is 9.52. The van der Waals surface area contributed by atoms with Crippen molar-refractivity contribution in [2.75, 3.05) is 0 Å². The summed E-state index contributed by atoms with van der Waals surface area (Å²) < 4.78 is 5.56. The fourth-order valence-corrected chi connectivity index (χ4v) is 2.20. The van der Waals surface area contributed by atoms with Crippen molar-refractivity contribution in [3.63, 3.8) is 0 Å². The van der Waals surface area contributed by atoms with Crippen LogP contribution in [0.4, 0.5) is 0 Å². The summed E-state index contributed by atoms with van der Waals surface area (Å²) in [6.45, 7) is 6.51. The van der Waals surface area contributed by atoms with Crippen molar-refractivity contribution in [1.82, 2.24) is 0 Å². The monoisotopic (exact) mass is 231 g/mol. The zero-order valence-electron chi connectivity index (χ0n) is 10.9. The van der Waals surface area contributed by atoms with E-state index in [4.69, 9.17) is 10.2 Å². The molecule has 2 unspecified atom stereocenters. The summed E-state index contributed by atoms with van der Waals surface area (Å²) in [6.07, 6.45) is 3.78. The van der Waals surface area contributed by atoms with Gasteiger partial charge in [-0.15, -0.1) is 0 Å². The SMILES string of the molecule is CCC(C)c1cc(CC(C)N)c2occc2c1. The molecule has 0 fully saturated rings. The molecule has 0 spiro atoms. The largest absolute Gasteiger partial charge is 0.464 e. The number of furan rings is 1. The molecule has 2 aromatic rings. The first-order chi connectivity index (χ1) is 8.11. The summed E-state index contributed by atoms with van der Waals surface area (Å²) in [5.74, 6) is 0.584. The van der Waals surface area contributed by atoms with Gasteiger partial charge in [-0.25, -0.2) is 0 Å². The van der Waals surface area contributed by atoms with Crippen molar-refractivity contribution >= 4 is 11.0 Å². The van der Waals surface area contributed by atoms with Gasteiger partial charge in [-0.1, -0.05) is 19.9 Å². The highest BCUT2D eigenvalue weighted by Crippen LogP contribution is 2.28. The Labute approximate surface area is 103 Å². The second kappa shape index (κ2) is 4.92. The maximum Gasteiger partial charge on any atom is 0.137 e. The molecule has 0 saturated heterocycles. The molecule has 0 bridgehead atoms. The fraction of sp³-hybridized carbons (Fsp3) is 0.467. The number of nitrogens with two attached hydrogens (primary N) is 1. The van der Waals surface area contributed by atoms with Gasteiger partial charge in [0.05, 0.1) is 6.26 Å². The number of rotatable bonds is 4. The summed E-state index contributed by atoms with van der Waals surface area (Å²) in [7, 11) is 0. The van der Waals surface area contributed by atoms with Crippen molar-refractivity contribution in [1.29, 1.82) is 0 Å². The number of hydrogen-bond acceptors (Lipinski definition) is 2. The molecule has 1 aromatic heterocycles. The van der Waals surface area contributed by atoms with Crippen LogP contribution in [0.1, 0.15) is 44.2 Å². The molecule has 0 saturated carbocycles. The van der Waals surface area contributed by atoms with E-state index in [0.717, 1.165) is 18.4 Å². The summed E-state index contributed by atoms with van der Waals surface area (Å²) in [6, 6.07) is 6.68. The zero-order valence-corrected chi connectivity index (χ0v) is 10.9. The van der Waals surface area contributed by atoms with Crippen molar-refractivity contribution in [2.24, 2.45) is 5.73 Å². The van der Waals surface area contributed by atoms with Crippen LogP contribution in [-0.2, 0) is 6.42 Å². The maximum absolute atomic E-state index is 5.90. The van der Waals surface area contributed by atoms with Gasteiger partial charge in [0.15, 0.2) is 0 Å². The number of hydrogen-bond donors (Lipinski definition) is 1. The van der Waals surface area contributed by atoms with Crippen LogP contribution in [0.2, 0.25) is 0 Å². The standard InChI is InChI=1S/C15H21NO/c1-4-10(2)13-8-12-5-6-17-15(12)14(9-13)7-11(3)16/h5-6,8-11H,4,7,16H2,1-3H3. The topological polar surface area (TPSA) is 39.2 Å². The van der Waals surface area contributed by atoms with Crippen LogP contribution in [0.5, 0.6) is 0 Å². The lowest BCUT2D eigenvalue weighted by Crippen LogP contribution is -2.18. The molecule has 2 rings (SSSR count). The Morgan fingerprint density at radius 2 is 2.06 bits per heavy atom. The van der Waals surface area contributed by atoms with Crippen LogP contribution >= 0.6 is 0 Å². The first-order valence-electron chi connectivity index (χ1n) is 6.37. The summed E-state index contributed by atoms with van der Waals surface area (Å²) in [5, 5.41) is 1.19. The van der Waals surface area contributed by atoms with Gasteiger partial charge in [-0.05, 0) is 48.9 Å². The van der Waals surface area contributed by atoms with Crippen LogP contribution in [0.15, 0.2) is 28.9 Å². The highest BCUT2D eigenvalue weighted by molar-refractivity contribution is 5.81. The fourth-order valence-electron chi connectivity index (χ4n) is 2.20. The maximum atomic E-state index is 5.90. The Bertz CT molecular complexity index is 499. The Morgan fingerprint density at radius 3 is 2.71 bits per heavy atom. The van der Waals surface area contributed by atoms with Gasteiger partial charge in [0.1, 0.15) is 5.58 Å². The van der Waals surface area contributed by atoms with E-state index >= 15 is 0 Å². The molecule has 0 aliphatic heterocycles. The highest BCUT2D eigenvalue weighted by atomic mass is 16.3. The van der Waals surface area contributed by atoms with Gasteiger partial charge in [0.2, 0.25) is 0 Å². The predicted octanol–water partition coefficient (Wildman–Crippen LogP) is 3.84. The van der Waals surface area contributed by atoms with E-state index in [1.807, 2.05) is 13.0 Å². The van der Waals surface area contributed by atoms with E-state index in [1.165, 1.54) is 16.5 Å². The third-order valence-electron chi connectivity index (χ3n) is 3.37. The first kappa shape index (κ1) is 12.2. The molecular weight excluding hydrogens is 210 g/mol. The molecule has 0 radical (unpaired) electrons. The van der Waals surface area contributed by atoms with Crippen LogP contribution in [0.3, 0.4) is 0 Å². The average molecular weight is 231 g/mol. The van der Waals surface area contributed by atoms with E-state index in [2.05, 4.69) is 26.0 Å². The lowest BCUT2D eigenvalue weighted by atomic mass is 9.93. The predicted molar refractivity (Wildman–Crippen MR) is 72.3 cm³/mol. The van der Waals surface area contributed by atoms with Gasteiger partial charge in [-0.3, -0.25) is 0 Å². The van der Waals surface area contributed by atoms with E-state index in [1.54, 1.807) is 6.26 Å². The first-order valence-corrected chi connectivity index (χ1v) is 6.37. The Kier molecular flexibility index (Phi) is 3.53. The minimum absolute atomic E-state index is 0.162. The van der Waals surface area contributed by atoms with Crippen LogP contribution in [0.25, 0.3) is 11.0 Å². The molecule has 0 amide bonds. The van der Waals surface area contributed by atoms with Gasteiger partial charge in [-0.2, -0.15) is 0 Å². The molecule has 0 aliphatic carbocycles. The smallest absolute Gasteiger partial charge is 0.137 e. The third kappa shape index (κ3) is 2.52. The van der Waals surface area contributed by atoms with E-state index < -0.39 is 0 Å². The lowest BCUT2D eigenvalue weighted by Gasteiger charge is -2.13. The van der Waals surface area contributed by atoms with Crippen molar-refractivity contribution in [3.05, 3.63) is 35.6 Å². The minimum Gasteiger partial charge on any atom is -0.464 e. The molecule has 2 N–H and O–H groups in total. The summed E-state index contributed by atoms with van der Waals surface area (Å²) in [4.78, 5) is 0. The van der Waals surface area contributed by atoms with Crippen LogP contribution in [0, 0.1) is 0 Å². The van der Waals surface area contributed by atoms with Gasteiger partial charge in [0.25, 0.3) is 0 Å². The Morgan fingerprint density at radius 1 is 1.29 bits per heavy atom. The minimum atomic E-state index is 0.162. The Hall–Kier alpha value is -1.28. The molecule has 0 aliphatic rings. The van der Waals surface area contributed by atoms with Gasteiger partial charge < -0.3 is 10.2 Å². The molecular formula is C15H21NO. The average Bonchev–Trinajstić information content (AvgIpc) is 2.75. The molecule has 1 aromatic carbocycles. The molecule has 2 heteroatoms. The highest BCUT2D eigenvalue weighted by Gasteiger charge is 2.11. The number of benzene rings is 1. The summed E-state index contributed by atoms with van der Waals surface area (Å²) >= 11 is 0. The van der Waals surface area contributed by atoms with Crippen molar-refractivity contribution in [3.8, 4) is 0 Å². The van der Waals surface area contributed by atoms with Crippen LogP contribution in [-0.4, -0.2) is 6.04 Å². The normalized spacial score (nSPS) is 15.1. The van der Waals surface area contributed by atoms with Gasteiger partial charge in [0, 0.05) is 11.4 Å². The van der Waals surface area contributed by atoms with Crippen LogP contribution < -0.4 is 5.73 Å². The lowest BCUT2D eigenvalue weighted by molar-refractivity contribution is 0.605. The molecule has 2 nitrogen and oxygen atoms in total. The second-order valence-corrected chi connectivity index (χ2v) is 5.01. The molecule has 92 valence electrons.